The van der Waals surface area contributed by atoms with Crippen LogP contribution in [0, 0.1) is 0 Å². The summed E-state index contributed by atoms with van der Waals surface area (Å²) in [4.78, 5) is 8.93. The first-order valence-corrected chi connectivity index (χ1v) is 5.76. The van der Waals surface area contributed by atoms with Gasteiger partial charge in [0, 0.05) is 18.3 Å². The average Bonchev–Trinajstić information content (AvgIpc) is 2.83. The Hall–Kier alpha value is -1.68. The summed E-state index contributed by atoms with van der Waals surface area (Å²) in [6.45, 7) is 5.05. The van der Waals surface area contributed by atoms with Gasteiger partial charge in [0.1, 0.15) is 0 Å². The Morgan fingerprint density at radius 1 is 1.41 bits per heavy atom. The van der Waals surface area contributed by atoms with Crippen molar-refractivity contribution in [3.05, 3.63) is 35.9 Å². The van der Waals surface area contributed by atoms with E-state index < -0.39 is 0 Å². The molecule has 0 bridgehead atoms. The van der Waals surface area contributed by atoms with Gasteiger partial charge in [0.15, 0.2) is 11.6 Å². The highest BCUT2D eigenvalue weighted by atomic mass is 16.3. The molecule has 2 heterocycles. The number of rotatable bonds is 4. The van der Waals surface area contributed by atoms with E-state index in [0.29, 0.717) is 17.5 Å². The lowest BCUT2D eigenvalue weighted by Gasteiger charge is -2.11. The molecule has 17 heavy (non-hydrogen) atoms. The minimum Gasteiger partial charge on any atom is -0.461 e. The molecule has 4 nitrogen and oxygen atoms in total. The number of nitrogens with one attached hydrogen (secondary N) is 1. The van der Waals surface area contributed by atoms with Crippen molar-refractivity contribution in [2.45, 2.75) is 26.3 Å². The van der Waals surface area contributed by atoms with E-state index in [1.165, 1.54) is 0 Å². The van der Waals surface area contributed by atoms with Crippen LogP contribution in [0.1, 0.15) is 31.0 Å². The van der Waals surface area contributed by atoms with Crippen molar-refractivity contribution in [1.29, 1.82) is 0 Å². The lowest BCUT2D eigenvalue weighted by atomic mass is 10.1. The first kappa shape index (κ1) is 11.8. The smallest absolute Gasteiger partial charge is 0.195 e. The summed E-state index contributed by atoms with van der Waals surface area (Å²) in [6.07, 6.45) is 3.51. The molecule has 0 spiro atoms. The van der Waals surface area contributed by atoms with E-state index in [2.05, 4.69) is 29.1 Å². The molecule has 90 valence electrons. The van der Waals surface area contributed by atoms with Crippen LogP contribution < -0.4 is 5.32 Å². The van der Waals surface area contributed by atoms with Crippen LogP contribution in [0.2, 0.25) is 0 Å². The zero-order valence-corrected chi connectivity index (χ0v) is 10.4. The average molecular weight is 231 g/mol. The Kier molecular flexibility index (Phi) is 3.54. The third-order valence-corrected chi connectivity index (χ3v) is 2.55. The molecule has 0 radical (unpaired) electrons. The molecule has 4 heteroatoms. The Bertz CT molecular complexity index is 477. The molecule has 0 fully saturated rings. The van der Waals surface area contributed by atoms with Crippen molar-refractivity contribution in [1.82, 2.24) is 15.3 Å². The van der Waals surface area contributed by atoms with Gasteiger partial charge in [-0.1, -0.05) is 13.8 Å². The molecule has 2 rings (SSSR count). The Morgan fingerprint density at radius 2 is 2.24 bits per heavy atom. The molecule has 0 saturated carbocycles. The van der Waals surface area contributed by atoms with E-state index in [1.807, 2.05) is 25.4 Å². The lowest BCUT2D eigenvalue weighted by Crippen LogP contribution is -2.11. The molecule has 0 aliphatic rings. The maximum atomic E-state index is 5.31. The highest BCUT2D eigenvalue weighted by Gasteiger charge is 2.12. The van der Waals surface area contributed by atoms with E-state index in [9.17, 15) is 0 Å². The third-order valence-electron chi connectivity index (χ3n) is 2.55. The number of aromatic nitrogens is 2. The molecule has 0 amide bonds. The van der Waals surface area contributed by atoms with Gasteiger partial charge in [-0.15, -0.1) is 0 Å². The second-order valence-corrected chi connectivity index (χ2v) is 4.27. The Labute approximate surface area is 101 Å². The fraction of sp³-hybridized carbons (Fsp3) is 0.385. The van der Waals surface area contributed by atoms with Crippen molar-refractivity contribution >= 4 is 0 Å². The van der Waals surface area contributed by atoms with Gasteiger partial charge in [0.05, 0.1) is 12.0 Å². The predicted molar refractivity (Wildman–Crippen MR) is 66.6 cm³/mol. The van der Waals surface area contributed by atoms with Crippen LogP contribution in [0.3, 0.4) is 0 Å². The summed E-state index contributed by atoms with van der Waals surface area (Å²) >= 11 is 0. The van der Waals surface area contributed by atoms with Crippen LogP contribution >= 0.6 is 0 Å². The van der Waals surface area contributed by atoms with Crippen molar-refractivity contribution in [3.63, 3.8) is 0 Å². The lowest BCUT2D eigenvalue weighted by molar-refractivity contribution is 0.575. The number of hydrogen-bond acceptors (Lipinski definition) is 4. The molecule has 0 unspecified atom stereocenters. The maximum Gasteiger partial charge on any atom is 0.195 e. The van der Waals surface area contributed by atoms with Gasteiger partial charge >= 0.3 is 0 Å². The van der Waals surface area contributed by atoms with Gasteiger partial charge in [-0.25, -0.2) is 9.97 Å². The number of hydrogen-bond donors (Lipinski definition) is 1. The topological polar surface area (TPSA) is 51.0 Å². The van der Waals surface area contributed by atoms with Crippen molar-refractivity contribution in [2.24, 2.45) is 0 Å². The summed E-state index contributed by atoms with van der Waals surface area (Å²) < 4.78 is 5.31. The zero-order valence-electron chi connectivity index (χ0n) is 10.4. The Morgan fingerprint density at radius 3 is 2.82 bits per heavy atom. The Balaban J connectivity index is 2.42. The van der Waals surface area contributed by atoms with Crippen LogP contribution in [-0.2, 0) is 6.54 Å². The van der Waals surface area contributed by atoms with E-state index in [0.717, 1.165) is 17.8 Å². The molecule has 2 aromatic rings. The molecule has 0 saturated heterocycles. The van der Waals surface area contributed by atoms with Crippen LogP contribution in [0.4, 0.5) is 0 Å². The van der Waals surface area contributed by atoms with Crippen LogP contribution in [0.5, 0.6) is 0 Å². The largest absolute Gasteiger partial charge is 0.461 e. The van der Waals surface area contributed by atoms with Crippen molar-refractivity contribution in [3.8, 4) is 11.6 Å². The highest BCUT2D eigenvalue weighted by molar-refractivity contribution is 5.47. The molecular weight excluding hydrogens is 214 g/mol. The van der Waals surface area contributed by atoms with Gasteiger partial charge in [-0.05, 0) is 25.1 Å². The zero-order chi connectivity index (χ0) is 12.3. The summed E-state index contributed by atoms with van der Waals surface area (Å²) in [5.74, 6) is 1.73. The summed E-state index contributed by atoms with van der Waals surface area (Å²) in [5, 5.41) is 3.13. The molecule has 0 atom stereocenters. The van der Waals surface area contributed by atoms with Gasteiger partial charge < -0.3 is 9.73 Å². The maximum absolute atomic E-state index is 5.31. The quantitative estimate of drug-likeness (QED) is 0.878. The monoisotopic (exact) mass is 231 g/mol. The normalized spacial score (nSPS) is 11.1. The number of furan rings is 1. The van der Waals surface area contributed by atoms with Crippen LogP contribution in [0.15, 0.2) is 29.0 Å². The van der Waals surface area contributed by atoms with Gasteiger partial charge in [-0.3, -0.25) is 0 Å². The second-order valence-electron chi connectivity index (χ2n) is 4.27. The molecule has 1 N–H and O–H groups in total. The van der Waals surface area contributed by atoms with Gasteiger partial charge in [-0.2, -0.15) is 0 Å². The molecule has 0 aromatic carbocycles. The first-order valence-electron chi connectivity index (χ1n) is 5.76. The third kappa shape index (κ3) is 2.53. The van der Waals surface area contributed by atoms with E-state index in [4.69, 9.17) is 4.42 Å². The van der Waals surface area contributed by atoms with Crippen LogP contribution in [0.25, 0.3) is 11.6 Å². The fourth-order valence-corrected chi connectivity index (χ4v) is 1.77. The summed E-state index contributed by atoms with van der Waals surface area (Å²) in [7, 11) is 1.92. The van der Waals surface area contributed by atoms with Crippen molar-refractivity contribution in [2.75, 3.05) is 7.05 Å². The molecule has 0 aliphatic heterocycles. The highest BCUT2D eigenvalue weighted by Crippen LogP contribution is 2.21. The van der Waals surface area contributed by atoms with E-state index in [1.54, 1.807) is 6.26 Å². The summed E-state index contributed by atoms with van der Waals surface area (Å²) in [5.41, 5.74) is 2.21. The number of nitrogens with zero attached hydrogens (tertiary/aromatic N) is 2. The molecule has 0 aliphatic carbocycles. The molecule has 2 aromatic heterocycles. The fourth-order valence-electron chi connectivity index (χ4n) is 1.77. The first-order chi connectivity index (χ1) is 8.22. The standard InChI is InChI=1S/C13H17N3O/c1-9(2)12-10(7-14-3)8-15-13(16-12)11-5-4-6-17-11/h4-6,8-9,14H,7H2,1-3H3. The van der Waals surface area contributed by atoms with E-state index in [-0.39, 0.29) is 0 Å². The predicted octanol–water partition coefficient (Wildman–Crippen LogP) is 2.58. The minimum atomic E-state index is 0.370. The summed E-state index contributed by atoms with van der Waals surface area (Å²) in [6, 6.07) is 3.71. The van der Waals surface area contributed by atoms with Crippen molar-refractivity contribution < 1.29 is 4.42 Å². The van der Waals surface area contributed by atoms with E-state index >= 15 is 0 Å². The van der Waals surface area contributed by atoms with Gasteiger partial charge in [0.2, 0.25) is 0 Å². The van der Waals surface area contributed by atoms with Gasteiger partial charge in [0.25, 0.3) is 0 Å². The second kappa shape index (κ2) is 5.10. The minimum absolute atomic E-state index is 0.370. The van der Waals surface area contributed by atoms with Crippen LogP contribution in [-0.4, -0.2) is 17.0 Å². The molecular formula is C13H17N3O. The SMILES string of the molecule is CNCc1cnc(-c2ccco2)nc1C(C)C.